The molecule has 0 radical (unpaired) electrons. The number of amides is 1. The minimum atomic E-state index is -0.231. The minimum absolute atomic E-state index is 0.231. The third-order valence-corrected chi connectivity index (χ3v) is 3.18. The monoisotopic (exact) mass is 266 g/mol. The number of carbonyl (C=O) groups is 1. The summed E-state index contributed by atoms with van der Waals surface area (Å²) in [5.74, 6) is -0.231. The van der Waals surface area contributed by atoms with Crippen LogP contribution in [0.3, 0.4) is 0 Å². The van der Waals surface area contributed by atoms with Gasteiger partial charge in [0.25, 0.3) is 5.91 Å². The fourth-order valence-corrected chi connectivity index (χ4v) is 2.14. The van der Waals surface area contributed by atoms with Crippen molar-refractivity contribution in [3.8, 4) is 0 Å². The van der Waals surface area contributed by atoms with Crippen molar-refractivity contribution in [3.63, 3.8) is 0 Å². The molecule has 3 aromatic rings. The zero-order valence-electron chi connectivity index (χ0n) is 11.0. The first-order chi connectivity index (χ1) is 9.65. The Labute approximate surface area is 116 Å². The van der Waals surface area contributed by atoms with Crippen molar-refractivity contribution >= 4 is 28.3 Å². The van der Waals surface area contributed by atoms with E-state index in [0.29, 0.717) is 22.5 Å². The number of hydrogen-bond acceptors (Lipinski definition) is 3. The molecule has 0 aliphatic heterocycles. The van der Waals surface area contributed by atoms with Crippen LogP contribution in [0.5, 0.6) is 0 Å². The molecule has 0 aliphatic rings. The fraction of sp³-hybridized carbons (Fsp3) is 0.0625. The van der Waals surface area contributed by atoms with Gasteiger partial charge < -0.3 is 15.5 Å². The molecule has 1 amide bonds. The van der Waals surface area contributed by atoms with E-state index >= 15 is 0 Å². The van der Waals surface area contributed by atoms with E-state index in [4.69, 9.17) is 10.2 Å². The lowest BCUT2D eigenvalue weighted by atomic mass is 10.1. The molecule has 1 aromatic heterocycles. The standard InChI is InChI=1S/C16H14N2O2/c1-10-6-7-14(13(17)8-10)18-16(19)12-9-20-15-5-3-2-4-11(12)15/h2-9H,17H2,1H3,(H,18,19). The average molecular weight is 266 g/mol. The van der Waals surface area contributed by atoms with Crippen molar-refractivity contribution in [2.75, 3.05) is 11.1 Å². The van der Waals surface area contributed by atoms with Gasteiger partial charge in [0, 0.05) is 5.39 Å². The van der Waals surface area contributed by atoms with Crippen LogP contribution in [0.2, 0.25) is 0 Å². The highest BCUT2D eigenvalue weighted by Crippen LogP contribution is 2.24. The van der Waals surface area contributed by atoms with Crippen LogP contribution in [0.15, 0.2) is 53.1 Å². The fourth-order valence-electron chi connectivity index (χ4n) is 2.14. The molecule has 1 heterocycles. The summed E-state index contributed by atoms with van der Waals surface area (Å²) in [6.45, 7) is 1.95. The maximum atomic E-state index is 12.3. The van der Waals surface area contributed by atoms with Gasteiger partial charge in [-0.3, -0.25) is 4.79 Å². The van der Waals surface area contributed by atoms with Gasteiger partial charge in [-0.25, -0.2) is 0 Å². The number of carbonyl (C=O) groups excluding carboxylic acids is 1. The van der Waals surface area contributed by atoms with Crippen LogP contribution in [0, 0.1) is 6.92 Å². The van der Waals surface area contributed by atoms with Crippen LogP contribution < -0.4 is 11.1 Å². The molecule has 0 aliphatic carbocycles. The summed E-state index contributed by atoms with van der Waals surface area (Å²) in [5.41, 5.74) is 9.29. The van der Waals surface area contributed by atoms with Gasteiger partial charge in [0.1, 0.15) is 11.8 Å². The molecule has 0 bridgehead atoms. The summed E-state index contributed by atoms with van der Waals surface area (Å²) in [4.78, 5) is 12.3. The Morgan fingerprint density at radius 3 is 2.80 bits per heavy atom. The Balaban J connectivity index is 1.93. The number of fused-ring (bicyclic) bond motifs is 1. The molecule has 0 fully saturated rings. The van der Waals surface area contributed by atoms with Crippen LogP contribution in [0.1, 0.15) is 15.9 Å². The summed E-state index contributed by atoms with van der Waals surface area (Å²) in [7, 11) is 0. The molecule has 0 unspecified atom stereocenters. The lowest BCUT2D eigenvalue weighted by molar-refractivity contribution is 0.102. The molecule has 4 heteroatoms. The number of furan rings is 1. The van der Waals surface area contributed by atoms with Gasteiger partial charge in [0.2, 0.25) is 0 Å². The van der Waals surface area contributed by atoms with Crippen molar-refractivity contribution in [1.29, 1.82) is 0 Å². The first kappa shape index (κ1) is 12.3. The van der Waals surface area contributed by atoms with Gasteiger partial charge in [-0.1, -0.05) is 24.3 Å². The molecule has 3 rings (SSSR count). The van der Waals surface area contributed by atoms with Crippen LogP contribution in [0.25, 0.3) is 11.0 Å². The number of nitrogen functional groups attached to an aromatic ring is 1. The predicted molar refractivity (Wildman–Crippen MR) is 79.8 cm³/mol. The Morgan fingerprint density at radius 1 is 1.20 bits per heavy atom. The molecule has 0 spiro atoms. The number of hydrogen-bond donors (Lipinski definition) is 2. The second-order valence-electron chi connectivity index (χ2n) is 4.69. The molecule has 0 saturated carbocycles. The molecule has 20 heavy (non-hydrogen) atoms. The Bertz CT molecular complexity index is 790. The molecule has 3 N–H and O–H groups in total. The van der Waals surface area contributed by atoms with Gasteiger partial charge in [-0.2, -0.15) is 0 Å². The molecule has 0 saturated heterocycles. The predicted octanol–water partition coefficient (Wildman–Crippen LogP) is 3.58. The number of para-hydroxylation sites is 1. The maximum absolute atomic E-state index is 12.3. The van der Waals surface area contributed by atoms with E-state index in [0.717, 1.165) is 10.9 Å². The number of nitrogens with one attached hydrogen (secondary N) is 1. The molecule has 2 aromatic carbocycles. The maximum Gasteiger partial charge on any atom is 0.259 e. The van der Waals surface area contributed by atoms with Crippen molar-refractivity contribution in [1.82, 2.24) is 0 Å². The first-order valence-electron chi connectivity index (χ1n) is 6.29. The summed E-state index contributed by atoms with van der Waals surface area (Å²) >= 11 is 0. The first-order valence-corrected chi connectivity index (χ1v) is 6.29. The lowest BCUT2D eigenvalue weighted by Crippen LogP contribution is -2.12. The molecular formula is C16H14N2O2. The van der Waals surface area contributed by atoms with E-state index in [1.54, 1.807) is 6.07 Å². The van der Waals surface area contributed by atoms with Crippen LogP contribution in [-0.2, 0) is 0 Å². The van der Waals surface area contributed by atoms with E-state index in [2.05, 4.69) is 5.32 Å². The summed E-state index contributed by atoms with van der Waals surface area (Å²) < 4.78 is 5.37. The van der Waals surface area contributed by atoms with Crippen molar-refractivity contribution in [3.05, 3.63) is 59.9 Å². The topological polar surface area (TPSA) is 68.3 Å². The lowest BCUT2D eigenvalue weighted by Gasteiger charge is -2.08. The van der Waals surface area contributed by atoms with Gasteiger partial charge in [-0.15, -0.1) is 0 Å². The Hall–Kier alpha value is -2.75. The van der Waals surface area contributed by atoms with Crippen molar-refractivity contribution < 1.29 is 9.21 Å². The van der Waals surface area contributed by atoms with E-state index in [-0.39, 0.29) is 5.91 Å². The zero-order valence-corrected chi connectivity index (χ0v) is 11.0. The summed E-state index contributed by atoms with van der Waals surface area (Å²) in [6.07, 6.45) is 1.46. The quantitative estimate of drug-likeness (QED) is 0.697. The number of benzene rings is 2. The molecule has 0 atom stereocenters. The van der Waals surface area contributed by atoms with Crippen LogP contribution in [0.4, 0.5) is 11.4 Å². The highest BCUT2D eigenvalue weighted by atomic mass is 16.3. The third kappa shape index (κ3) is 2.12. The van der Waals surface area contributed by atoms with E-state index in [9.17, 15) is 4.79 Å². The second kappa shape index (κ2) is 4.74. The smallest absolute Gasteiger partial charge is 0.259 e. The minimum Gasteiger partial charge on any atom is -0.463 e. The largest absolute Gasteiger partial charge is 0.463 e. The summed E-state index contributed by atoms with van der Waals surface area (Å²) in [6, 6.07) is 12.9. The van der Waals surface area contributed by atoms with E-state index in [1.165, 1.54) is 6.26 Å². The molecular weight excluding hydrogens is 252 g/mol. The number of nitrogens with two attached hydrogens (primary N) is 1. The normalized spacial score (nSPS) is 10.7. The summed E-state index contributed by atoms with van der Waals surface area (Å²) in [5, 5.41) is 3.60. The van der Waals surface area contributed by atoms with Gasteiger partial charge in [0.15, 0.2) is 0 Å². The highest BCUT2D eigenvalue weighted by molar-refractivity contribution is 6.13. The van der Waals surface area contributed by atoms with Crippen LogP contribution in [-0.4, -0.2) is 5.91 Å². The molecule has 4 nitrogen and oxygen atoms in total. The van der Waals surface area contributed by atoms with Gasteiger partial charge in [0.05, 0.1) is 16.9 Å². The number of rotatable bonds is 2. The highest BCUT2D eigenvalue weighted by Gasteiger charge is 2.14. The Kier molecular flexibility index (Phi) is 2.91. The Morgan fingerprint density at radius 2 is 2.00 bits per heavy atom. The van der Waals surface area contributed by atoms with Crippen molar-refractivity contribution in [2.24, 2.45) is 0 Å². The van der Waals surface area contributed by atoms with Gasteiger partial charge >= 0.3 is 0 Å². The number of aryl methyl sites for hydroxylation is 1. The zero-order chi connectivity index (χ0) is 14.1. The van der Waals surface area contributed by atoms with E-state index < -0.39 is 0 Å². The van der Waals surface area contributed by atoms with Crippen molar-refractivity contribution in [2.45, 2.75) is 6.92 Å². The van der Waals surface area contributed by atoms with Crippen LogP contribution >= 0.6 is 0 Å². The second-order valence-corrected chi connectivity index (χ2v) is 4.69. The number of anilines is 2. The molecule has 100 valence electrons. The van der Waals surface area contributed by atoms with Gasteiger partial charge in [-0.05, 0) is 30.7 Å². The SMILES string of the molecule is Cc1ccc(NC(=O)c2coc3ccccc23)c(N)c1. The average Bonchev–Trinajstić information content (AvgIpc) is 2.86. The van der Waals surface area contributed by atoms with E-state index in [1.807, 2.05) is 43.3 Å². The third-order valence-electron chi connectivity index (χ3n) is 3.18.